The molecular weight excluding hydrogens is 222 g/mol. The Hall–Kier alpha value is -1.57. The molecule has 1 aromatic carbocycles. The van der Waals surface area contributed by atoms with E-state index in [1.165, 1.54) is 5.56 Å². The molecule has 0 aliphatic carbocycles. The van der Waals surface area contributed by atoms with E-state index in [2.05, 4.69) is 39.0 Å². The monoisotopic (exact) mass is 243 g/mol. The minimum absolute atomic E-state index is 0.103. The fourth-order valence-electron chi connectivity index (χ4n) is 2.10. The molecule has 0 unspecified atom stereocenters. The Balaban J connectivity index is 2.16. The van der Waals surface area contributed by atoms with E-state index in [0.29, 0.717) is 0 Å². The number of benzene rings is 1. The van der Waals surface area contributed by atoms with Crippen molar-refractivity contribution in [2.45, 2.75) is 39.0 Å². The molecule has 2 heteroatoms. The van der Waals surface area contributed by atoms with Crippen molar-refractivity contribution < 1.29 is 4.79 Å². The second-order valence-electron chi connectivity index (χ2n) is 5.85. The Labute approximate surface area is 109 Å². The first-order valence-corrected chi connectivity index (χ1v) is 6.57. The minimum atomic E-state index is 0.103. The Morgan fingerprint density at radius 3 is 2.33 bits per heavy atom. The van der Waals surface area contributed by atoms with Gasteiger partial charge in [0, 0.05) is 18.3 Å². The van der Waals surface area contributed by atoms with Crippen LogP contribution in [0.1, 0.15) is 49.5 Å². The van der Waals surface area contributed by atoms with E-state index >= 15 is 0 Å². The van der Waals surface area contributed by atoms with Crippen LogP contribution < -0.4 is 0 Å². The highest BCUT2D eigenvalue weighted by Crippen LogP contribution is 2.22. The number of carbonyl (C=O) groups is 1. The molecule has 0 atom stereocenters. The van der Waals surface area contributed by atoms with Crippen LogP contribution in [0.15, 0.2) is 36.5 Å². The topological polar surface area (TPSA) is 20.3 Å². The Kier molecular flexibility index (Phi) is 3.55. The van der Waals surface area contributed by atoms with Crippen LogP contribution in [0.3, 0.4) is 0 Å². The molecule has 0 saturated carbocycles. The quantitative estimate of drug-likeness (QED) is 0.736. The Morgan fingerprint density at radius 2 is 1.83 bits per heavy atom. The van der Waals surface area contributed by atoms with Gasteiger partial charge in [0.2, 0.25) is 0 Å². The van der Waals surface area contributed by atoms with Crippen molar-refractivity contribution in [1.29, 1.82) is 0 Å². The van der Waals surface area contributed by atoms with Gasteiger partial charge in [-0.3, -0.25) is 4.79 Å². The summed E-state index contributed by atoms with van der Waals surface area (Å²) in [5, 5.41) is 0. The highest BCUT2D eigenvalue weighted by atomic mass is 16.2. The maximum Gasteiger partial charge on any atom is 0.257 e. The zero-order valence-corrected chi connectivity index (χ0v) is 11.4. The van der Waals surface area contributed by atoms with Crippen molar-refractivity contribution in [1.82, 2.24) is 4.90 Å². The molecule has 0 saturated heterocycles. The molecular formula is C16H21NO. The number of hydrogen-bond acceptors (Lipinski definition) is 1. The largest absolute Gasteiger partial charge is 0.315 e. The fraction of sp³-hybridized carbons (Fsp3) is 0.438. The zero-order chi connectivity index (χ0) is 13.2. The van der Waals surface area contributed by atoms with Crippen LogP contribution >= 0.6 is 0 Å². The SMILES string of the molecule is CC(C)(C)c1ccc(C(=O)N2C=CCCC2)cc1. The highest BCUT2D eigenvalue weighted by molar-refractivity contribution is 5.95. The molecule has 1 aromatic rings. The van der Waals surface area contributed by atoms with Gasteiger partial charge in [-0.05, 0) is 36.0 Å². The smallest absolute Gasteiger partial charge is 0.257 e. The van der Waals surface area contributed by atoms with E-state index in [1.54, 1.807) is 4.90 Å². The summed E-state index contributed by atoms with van der Waals surface area (Å²) in [6.07, 6.45) is 6.10. The summed E-state index contributed by atoms with van der Waals surface area (Å²) in [5.74, 6) is 0.103. The number of rotatable bonds is 1. The third-order valence-corrected chi connectivity index (χ3v) is 3.31. The molecule has 0 spiro atoms. The fourth-order valence-corrected chi connectivity index (χ4v) is 2.10. The van der Waals surface area contributed by atoms with Gasteiger partial charge in [-0.25, -0.2) is 0 Å². The van der Waals surface area contributed by atoms with Gasteiger partial charge >= 0.3 is 0 Å². The standard InChI is InChI=1S/C16H21NO/c1-16(2,3)14-9-7-13(8-10-14)15(18)17-11-5-4-6-12-17/h5,7-11H,4,6,12H2,1-3H3. The van der Waals surface area contributed by atoms with E-state index in [1.807, 2.05) is 18.3 Å². The van der Waals surface area contributed by atoms with Crippen LogP contribution in [-0.4, -0.2) is 17.4 Å². The van der Waals surface area contributed by atoms with Gasteiger partial charge in [0.1, 0.15) is 0 Å². The van der Waals surface area contributed by atoms with Crippen LogP contribution in [0.25, 0.3) is 0 Å². The normalized spacial score (nSPS) is 15.8. The summed E-state index contributed by atoms with van der Waals surface area (Å²) in [4.78, 5) is 14.0. The lowest BCUT2D eigenvalue weighted by Gasteiger charge is -2.22. The number of amides is 1. The first-order chi connectivity index (χ1) is 8.48. The summed E-state index contributed by atoms with van der Waals surface area (Å²) in [7, 11) is 0. The molecule has 0 radical (unpaired) electrons. The van der Waals surface area contributed by atoms with E-state index in [4.69, 9.17) is 0 Å². The van der Waals surface area contributed by atoms with E-state index < -0.39 is 0 Å². The van der Waals surface area contributed by atoms with Crippen molar-refractivity contribution in [3.63, 3.8) is 0 Å². The third kappa shape index (κ3) is 2.81. The van der Waals surface area contributed by atoms with Crippen molar-refractivity contribution in [2.75, 3.05) is 6.54 Å². The molecule has 1 aliphatic heterocycles. The van der Waals surface area contributed by atoms with Crippen molar-refractivity contribution >= 4 is 5.91 Å². The van der Waals surface area contributed by atoms with Gasteiger partial charge in [0.15, 0.2) is 0 Å². The lowest BCUT2D eigenvalue weighted by Crippen LogP contribution is -2.28. The molecule has 18 heavy (non-hydrogen) atoms. The summed E-state index contributed by atoms with van der Waals surface area (Å²) in [6, 6.07) is 7.98. The highest BCUT2D eigenvalue weighted by Gasteiger charge is 2.17. The van der Waals surface area contributed by atoms with Crippen molar-refractivity contribution in [3.05, 3.63) is 47.7 Å². The van der Waals surface area contributed by atoms with E-state index in [9.17, 15) is 4.79 Å². The van der Waals surface area contributed by atoms with Crippen LogP contribution in [0.2, 0.25) is 0 Å². The first kappa shape index (κ1) is 12.9. The number of carbonyl (C=O) groups excluding carboxylic acids is 1. The van der Waals surface area contributed by atoms with E-state index in [-0.39, 0.29) is 11.3 Å². The minimum Gasteiger partial charge on any atom is -0.315 e. The molecule has 2 nitrogen and oxygen atoms in total. The molecule has 1 aliphatic rings. The maximum atomic E-state index is 12.2. The molecule has 1 heterocycles. The van der Waals surface area contributed by atoms with Crippen LogP contribution in [0.4, 0.5) is 0 Å². The van der Waals surface area contributed by atoms with Crippen LogP contribution in [-0.2, 0) is 5.41 Å². The van der Waals surface area contributed by atoms with E-state index in [0.717, 1.165) is 24.9 Å². The lowest BCUT2D eigenvalue weighted by molar-refractivity contribution is 0.0815. The van der Waals surface area contributed by atoms with Gasteiger partial charge in [-0.15, -0.1) is 0 Å². The van der Waals surface area contributed by atoms with Crippen molar-refractivity contribution in [3.8, 4) is 0 Å². The van der Waals surface area contributed by atoms with Gasteiger partial charge in [-0.1, -0.05) is 39.0 Å². The van der Waals surface area contributed by atoms with Gasteiger partial charge in [0.05, 0.1) is 0 Å². The summed E-state index contributed by atoms with van der Waals surface area (Å²) >= 11 is 0. The van der Waals surface area contributed by atoms with Crippen LogP contribution in [0, 0.1) is 0 Å². The predicted molar refractivity (Wildman–Crippen MR) is 74.6 cm³/mol. The third-order valence-electron chi connectivity index (χ3n) is 3.31. The second kappa shape index (κ2) is 4.97. The molecule has 1 amide bonds. The zero-order valence-electron chi connectivity index (χ0n) is 11.4. The van der Waals surface area contributed by atoms with Gasteiger partial charge in [-0.2, -0.15) is 0 Å². The molecule has 0 N–H and O–H groups in total. The maximum absolute atomic E-state index is 12.2. The molecule has 0 aromatic heterocycles. The molecule has 96 valence electrons. The summed E-state index contributed by atoms with van der Waals surface area (Å²) in [5.41, 5.74) is 2.16. The first-order valence-electron chi connectivity index (χ1n) is 6.57. The Morgan fingerprint density at radius 1 is 1.17 bits per heavy atom. The number of hydrogen-bond donors (Lipinski definition) is 0. The average Bonchev–Trinajstić information content (AvgIpc) is 2.38. The lowest BCUT2D eigenvalue weighted by atomic mass is 9.86. The Bertz CT molecular complexity index is 451. The summed E-state index contributed by atoms with van der Waals surface area (Å²) in [6.45, 7) is 7.36. The summed E-state index contributed by atoms with van der Waals surface area (Å²) < 4.78 is 0. The number of allylic oxidation sites excluding steroid dienone is 1. The predicted octanol–water partition coefficient (Wildman–Crippen LogP) is 3.73. The average molecular weight is 243 g/mol. The molecule has 0 fully saturated rings. The van der Waals surface area contributed by atoms with Gasteiger partial charge < -0.3 is 4.90 Å². The van der Waals surface area contributed by atoms with Crippen LogP contribution in [0.5, 0.6) is 0 Å². The van der Waals surface area contributed by atoms with Gasteiger partial charge in [0.25, 0.3) is 5.91 Å². The second-order valence-corrected chi connectivity index (χ2v) is 5.85. The number of nitrogens with zero attached hydrogens (tertiary/aromatic N) is 1. The molecule has 2 rings (SSSR count). The molecule has 0 bridgehead atoms. The van der Waals surface area contributed by atoms with Crippen molar-refractivity contribution in [2.24, 2.45) is 0 Å².